The second kappa shape index (κ2) is 6.56. The van der Waals surface area contributed by atoms with Crippen LogP contribution in [-0.4, -0.2) is 28.0 Å². The molecule has 114 valence electrons. The molecule has 2 rings (SSSR count). The largest absolute Gasteiger partial charge is 0.480 e. The summed E-state index contributed by atoms with van der Waals surface area (Å²) in [5.41, 5.74) is 1.43. The average Bonchev–Trinajstić information content (AvgIpc) is 2.67. The van der Waals surface area contributed by atoms with Gasteiger partial charge in [0.15, 0.2) is 0 Å². The molecule has 1 aliphatic rings. The highest BCUT2D eigenvalue weighted by Crippen LogP contribution is 2.18. The Hall–Kier alpha value is -2.11. The highest BCUT2D eigenvalue weighted by Gasteiger charge is 2.21. The summed E-state index contributed by atoms with van der Waals surface area (Å²) >= 11 is 0. The van der Waals surface area contributed by atoms with Crippen LogP contribution >= 0.6 is 0 Å². The van der Waals surface area contributed by atoms with Crippen molar-refractivity contribution in [2.24, 2.45) is 0 Å². The van der Waals surface area contributed by atoms with Gasteiger partial charge in [0.1, 0.15) is 11.6 Å². The molecule has 1 aromatic heterocycles. The lowest BCUT2D eigenvalue weighted by molar-refractivity contribution is -0.139. The number of aromatic nitrogens is 1. The molecule has 0 aromatic carbocycles. The Balaban J connectivity index is 2.27. The summed E-state index contributed by atoms with van der Waals surface area (Å²) in [6, 6.07) is 0.638. The van der Waals surface area contributed by atoms with E-state index in [1.54, 1.807) is 13.0 Å². The molecule has 1 amide bonds. The van der Waals surface area contributed by atoms with Crippen molar-refractivity contribution in [1.29, 1.82) is 0 Å². The van der Waals surface area contributed by atoms with E-state index in [0.29, 0.717) is 0 Å². The van der Waals surface area contributed by atoms with Gasteiger partial charge in [-0.2, -0.15) is 0 Å². The molecule has 6 nitrogen and oxygen atoms in total. The zero-order chi connectivity index (χ0) is 15.4. The number of carbonyl (C=O) groups excluding carboxylic acids is 1. The van der Waals surface area contributed by atoms with Crippen LogP contribution in [0, 0.1) is 0 Å². The fourth-order valence-electron chi connectivity index (χ4n) is 2.59. The van der Waals surface area contributed by atoms with E-state index in [1.807, 2.05) is 0 Å². The quantitative estimate of drug-likeness (QED) is 0.727. The summed E-state index contributed by atoms with van der Waals surface area (Å²) in [6.07, 6.45) is 5.10. The van der Waals surface area contributed by atoms with Crippen molar-refractivity contribution in [3.63, 3.8) is 0 Å². The maximum absolute atomic E-state index is 12.1. The van der Waals surface area contributed by atoms with Gasteiger partial charge in [-0.05, 0) is 43.7 Å². The van der Waals surface area contributed by atoms with Crippen LogP contribution in [0.5, 0.6) is 0 Å². The standard InChI is InChI=1S/C15H20N2O4/c1-2-11(15(20)21)16-13(18)10-8-9-6-4-3-5-7-12(9)17-14(10)19/h8,11H,2-7H2,1H3,(H,16,18)(H,17,19)(H,20,21)/t11-/m0/s1. The van der Waals surface area contributed by atoms with E-state index in [9.17, 15) is 14.4 Å². The Labute approximate surface area is 122 Å². The Morgan fingerprint density at radius 1 is 1.33 bits per heavy atom. The Bertz CT molecular complexity index is 606. The predicted molar refractivity (Wildman–Crippen MR) is 77.5 cm³/mol. The number of aliphatic carboxylic acids is 1. The first-order chi connectivity index (χ1) is 10.0. The molecule has 0 saturated heterocycles. The minimum atomic E-state index is -1.10. The topological polar surface area (TPSA) is 99.3 Å². The molecule has 0 aliphatic heterocycles. The molecular formula is C15H20N2O4. The number of carboxylic acid groups (broad SMARTS) is 1. The van der Waals surface area contributed by atoms with Crippen molar-refractivity contribution in [2.45, 2.75) is 51.5 Å². The van der Waals surface area contributed by atoms with Gasteiger partial charge < -0.3 is 15.4 Å². The fourth-order valence-corrected chi connectivity index (χ4v) is 2.59. The first-order valence-corrected chi connectivity index (χ1v) is 7.31. The molecular weight excluding hydrogens is 272 g/mol. The first-order valence-electron chi connectivity index (χ1n) is 7.31. The van der Waals surface area contributed by atoms with Crippen molar-refractivity contribution >= 4 is 11.9 Å². The highest BCUT2D eigenvalue weighted by atomic mass is 16.4. The minimum absolute atomic E-state index is 0.00431. The molecule has 6 heteroatoms. The fraction of sp³-hybridized carbons (Fsp3) is 0.533. The van der Waals surface area contributed by atoms with Crippen molar-refractivity contribution in [3.05, 3.63) is 33.2 Å². The van der Waals surface area contributed by atoms with E-state index in [-0.39, 0.29) is 12.0 Å². The third-order valence-corrected chi connectivity index (χ3v) is 3.84. The maximum atomic E-state index is 12.1. The number of aryl methyl sites for hydroxylation is 2. The Morgan fingerprint density at radius 3 is 2.71 bits per heavy atom. The molecule has 0 radical (unpaired) electrons. The number of hydrogen-bond acceptors (Lipinski definition) is 3. The third-order valence-electron chi connectivity index (χ3n) is 3.84. The number of rotatable bonds is 4. The molecule has 1 aromatic rings. The van der Waals surface area contributed by atoms with Gasteiger partial charge in [0.25, 0.3) is 11.5 Å². The van der Waals surface area contributed by atoms with Crippen LogP contribution < -0.4 is 10.9 Å². The van der Waals surface area contributed by atoms with E-state index >= 15 is 0 Å². The van der Waals surface area contributed by atoms with E-state index in [4.69, 9.17) is 5.11 Å². The van der Waals surface area contributed by atoms with Gasteiger partial charge in [-0.15, -0.1) is 0 Å². The van der Waals surface area contributed by atoms with Gasteiger partial charge in [0, 0.05) is 5.69 Å². The maximum Gasteiger partial charge on any atom is 0.326 e. The minimum Gasteiger partial charge on any atom is -0.480 e. The molecule has 1 atom stereocenters. The molecule has 0 saturated carbocycles. The van der Waals surface area contributed by atoms with E-state index < -0.39 is 23.5 Å². The van der Waals surface area contributed by atoms with Crippen LogP contribution in [0.3, 0.4) is 0 Å². The van der Waals surface area contributed by atoms with Gasteiger partial charge in [-0.3, -0.25) is 9.59 Å². The summed E-state index contributed by atoms with van der Waals surface area (Å²) in [6.45, 7) is 1.67. The number of carboxylic acids is 1. The second-order valence-corrected chi connectivity index (χ2v) is 5.35. The average molecular weight is 292 g/mol. The van der Waals surface area contributed by atoms with Crippen LogP contribution in [0.15, 0.2) is 10.9 Å². The molecule has 21 heavy (non-hydrogen) atoms. The summed E-state index contributed by atoms with van der Waals surface area (Å²) in [5, 5.41) is 11.4. The van der Waals surface area contributed by atoms with Crippen molar-refractivity contribution in [1.82, 2.24) is 10.3 Å². The lowest BCUT2D eigenvalue weighted by Crippen LogP contribution is -2.42. The molecule has 3 N–H and O–H groups in total. The van der Waals surface area contributed by atoms with Gasteiger partial charge in [0.05, 0.1) is 0 Å². The van der Waals surface area contributed by atoms with Gasteiger partial charge in [-0.25, -0.2) is 4.79 Å². The monoisotopic (exact) mass is 292 g/mol. The van der Waals surface area contributed by atoms with Gasteiger partial charge in [-0.1, -0.05) is 13.3 Å². The number of nitrogens with one attached hydrogen (secondary N) is 2. The predicted octanol–water partition coefficient (Wildman–Crippen LogP) is 1.24. The van der Waals surface area contributed by atoms with Gasteiger partial charge in [0.2, 0.25) is 0 Å². The van der Waals surface area contributed by atoms with Crippen molar-refractivity contribution in [2.75, 3.05) is 0 Å². The molecule has 0 fully saturated rings. The van der Waals surface area contributed by atoms with Gasteiger partial charge >= 0.3 is 5.97 Å². The summed E-state index contributed by atoms with van der Waals surface area (Å²) < 4.78 is 0. The lowest BCUT2D eigenvalue weighted by atomic mass is 10.1. The number of aromatic amines is 1. The summed E-state index contributed by atoms with van der Waals surface area (Å²) in [4.78, 5) is 37.9. The molecule has 0 spiro atoms. The molecule has 1 heterocycles. The smallest absolute Gasteiger partial charge is 0.326 e. The number of hydrogen-bond donors (Lipinski definition) is 3. The highest BCUT2D eigenvalue weighted by molar-refractivity contribution is 5.96. The van der Waals surface area contributed by atoms with Crippen LogP contribution in [0.4, 0.5) is 0 Å². The van der Waals surface area contributed by atoms with Crippen molar-refractivity contribution in [3.8, 4) is 0 Å². The van der Waals surface area contributed by atoms with Crippen molar-refractivity contribution < 1.29 is 14.7 Å². The SMILES string of the molecule is CC[C@H](NC(=O)c1cc2c([nH]c1=O)CCCCC2)C(=O)O. The molecule has 1 aliphatic carbocycles. The number of fused-ring (bicyclic) bond motifs is 1. The van der Waals surface area contributed by atoms with E-state index in [0.717, 1.165) is 43.4 Å². The zero-order valence-corrected chi connectivity index (χ0v) is 12.1. The van der Waals surface area contributed by atoms with Crippen LogP contribution in [0.25, 0.3) is 0 Å². The third kappa shape index (κ3) is 3.51. The number of pyridine rings is 1. The number of amides is 1. The molecule has 0 unspecified atom stereocenters. The van der Waals surface area contributed by atoms with Crippen LogP contribution in [0.2, 0.25) is 0 Å². The first kappa shape index (κ1) is 15.3. The normalized spacial score (nSPS) is 15.7. The van der Waals surface area contributed by atoms with Crippen LogP contribution in [0.1, 0.15) is 54.2 Å². The zero-order valence-electron chi connectivity index (χ0n) is 12.1. The summed E-state index contributed by atoms with van der Waals surface area (Å²) in [7, 11) is 0. The van der Waals surface area contributed by atoms with E-state index in [1.165, 1.54) is 0 Å². The number of carbonyl (C=O) groups is 2. The summed E-state index contributed by atoms with van der Waals surface area (Å²) in [5.74, 6) is -1.73. The Kier molecular flexibility index (Phi) is 4.77. The second-order valence-electron chi connectivity index (χ2n) is 5.35. The van der Waals surface area contributed by atoms with Crippen LogP contribution in [-0.2, 0) is 17.6 Å². The van der Waals surface area contributed by atoms with E-state index in [2.05, 4.69) is 10.3 Å². The number of H-pyrrole nitrogens is 1. The lowest BCUT2D eigenvalue weighted by Gasteiger charge is -2.13. The Morgan fingerprint density at radius 2 is 2.05 bits per heavy atom. The molecule has 0 bridgehead atoms.